The summed E-state index contributed by atoms with van der Waals surface area (Å²) in [6, 6.07) is 34.4. The lowest BCUT2D eigenvalue weighted by molar-refractivity contribution is -0.158. The summed E-state index contributed by atoms with van der Waals surface area (Å²) in [6.45, 7) is 29.2. The van der Waals surface area contributed by atoms with Crippen LogP contribution >= 0.6 is 0 Å². The van der Waals surface area contributed by atoms with Crippen molar-refractivity contribution in [3.8, 4) is 45.3 Å². The third kappa shape index (κ3) is 16.4. The minimum atomic E-state index is -0.744. The van der Waals surface area contributed by atoms with E-state index in [1.807, 2.05) is 165 Å². The van der Waals surface area contributed by atoms with Crippen LogP contribution in [-0.2, 0) is 33.4 Å². The van der Waals surface area contributed by atoms with Crippen LogP contribution in [0.3, 0.4) is 0 Å². The Morgan fingerprint density at radius 1 is 0.413 bits per heavy atom. The van der Waals surface area contributed by atoms with Crippen LogP contribution in [0.1, 0.15) is 134 Å². The molecular weight excluding hydrogens is 945 g/mol. The number of aryl methyl sites for hydroxylation is 4. The van der Waals surface area contributed by atoms with Crippen molar-refractivity contribution in [2.75, 3.05) is 26.4 Å². The molecule has 1 unspecified atom stereocenters. The van der Waals surface area contributed by atoms with Gasteiger partial charge in [0.25, 0.3) is 0 Å². The number of hydrogen-bond acceptors (Lipinski definition) is 11. The molecule has 0 aromatic heterocycles. The quantitative estimate of drug-likeness (QED) is 0.0463. The van der Waals surface area contributed by atoms with E-state index in [9.17, 15) is 19.2 Å². The topological polar surface area (TPSA) is 133 Å². The van der Waals surface area contributed by atoms with Crippen molar-refractivity contribution in [1.29, 1.82) is 0 Å². The molecule has 6 aromatic rings. The van der Waals surface area contributed by atoms with Crippen LogP contribution in [0.2, 0.25) is 0 Å². The molecular formula is C64H76O11. The van der Waals surface area contributed by atoms with E-state index in [1.54, 1.807) is 0 Å². The van der Waals surface area contributed by atoms with E-state index >= 15 is 0 Å². The predicted molar refractivity (Wildman–Crippen MR) is 296 cm³/mol. The molecule has 75 heavy (non-hydrogen) atoms. The molecule has 11 nitrogen and oxygen atoms in total. The van der Waals surface area contributed by atoms with E-state index in [1.165, 1.54) is 0 Å². The van der Waals surface area contributed by atoms with Gasteiger partial charge in [-0.3, -0.25) is 4.79 Å². The molecule has 0 fully saturated rings. The van der Waals surface area contributed by atoms with Crippen molar-refractivity contribution in [3.05, 3.63) is 142 Å². The Balaban J connectivity index is 1.59. The summed E-state index contributed by atoms with van der Waals surface area (Å²) >= 11 is 0. The number of carbonyl (C=O) groups excluding carboxylic acids is 4. The summed E-state index contributed by atoms with van der Waals surface area (Å²) in [7, 11) is 0. The third-order valence-corrected chi connectivity index (χ3v) is 11.7. The first kappa shape index (κ1) is 57.1. The average molecular weight is 1020 g/mol. The second-order valence-corrected chi connectivity index (χ2v) is 23.6. The van der Waals surface area contributed by atoms with Crippen molar-refractivity contribution >= 4 is 34.5 Å². The molecule has 11 heteroatoms. The largest absolute Gasteiger partial charge is 0.485 e. The predicted octanol–water partition coefficient (Wildman–Crippen LogP) is 14.1. The Hall–Kier alpha value is -7.14. The summed E-state index contributed by atoms with van der Waals surface area (Å²) in [5.74, 6) is -0.00384. The van der Waals surface area contributed by atoms with Crippen LogP contribution in [0.25, 0.3) is 33.0 Å². The van der Waals surface area contributed by atoms with E-state index in [-0.39, 0.29) is 37.6 Å². The minimum Gasteiger partial charge on any atom is -0.485 e. The highest BCUT2D eigenvalue weighted by molar-refractivity contribution is 5.85. The fourth-order valence-corrected chi connectivity index (χ4v) is 8.97. The fraction of sp³-hybridized carbons (Fsp3) is 0.406. The smallest absolute Gasteiger partial charge is 0.344 e. The molecule has 6 rings (SSSR count). The van der Waals surface area contributed by atoms with Crippen molar-refractivity contribution in [2.24, 2.45) is 5.41 Å². The molecule has 0 aliphatic heterocycles. The first-order valence-electron chi connectivity index (χ1n) is 25.6. The number of esters is 3. The second kappa shape index (κ2) is 23.2. The fourth-order valence-electron chi connectivity index (χ4n) is 8.97. The maximum absolute atomic E-state index is 13.7. The Morgan fingerprint density at radius 3 is 1.23 bits per heavy atom. The van der Waals surface area contributed by atoms with E-state index in [2.05, 4.69) is 48.5 Å². The zero-order valence-corrected chi connectivity index (χ0v) is 46.9. The molecule has 1 atom stereocenters. The standard InChI is InChI=1S/C64H76O11/c1-39-27-45(23-25-53(39)69-36-55(66)73-62(8,9)10)48-29-41(3)59(71-35-50(65)34-61(5,6)7)51(32-48)58(47-22-21-43-19-17-18-20-44(43)31-47)52-33-49(30-42(4)60(52)72-38-57(68)75-64(14,15)16)46-24-26-54(40(2)28-46)70-37-56(67)74-63(11,12)13/h17-33,58H,34-38H2,1-16H3. The van der Waals surface area contributed by atoms with E-state index in [0.717, 1.165) is 72.0 Å². The van der Waals surface area contributed by atoms with E-state index in [0.29, 0.717) is 29.4 Å². The number of ether oxygens (including phenoxy) is 7. The van der Waals surface area contributed by atoms with Gasteiger partial charge in [0.2, 0.25) is 0 Å². The van der Waals surface area contributed by atoms with Crippen molar-refractivity contribution in [1.82, 2.24) is 0 Å². The van der Waals surface area contributed by atoms with Gasteiger partial charge in [0.15, 0.2) is 25.6 Å². The number of rotatable bonds is 18. The van der Waals surface area contributed by atoms with Gasteiger partial charge in [-0.2, -0.15) is 0 Å². The van der Waals surface area contributed by atoms with Gasteiger partial charge in [0.05, 0.1) is 0 Å². The van der Waals surface area contributed by atoms with Crippen LogP contribution < -0.4 is 18.9 Å². The van der Waals surface area contributed by atoms with Gasteiger partial charge < -0.3 is 33.2 Å². The summed E-state index contributed by atoms with van der Waals surface area (Å²) < 4.78 is 42.1. The van der Waals surface area contributed by atoms with Crippen LogP contribution in [-0.4, -0.2) is 66.9 Å². The highest BCUT2D eigenvalue weighted by atomic mass is 16.6. The average Bonchev–Trinajstić information content (AvgIpc) is 3.27. The van der Waals surface area contributed by atoms with Gasteiger partial charge in [0.1, 0.15) is 46.4 Å². The molecule has 0 saturated carbocycles. The van der Waals surface area contributed by atoms with Gasteiger partial charge in [-0.05, 0) is 205 Å². The maximum Gasteiger partial charge on any atom is 0.344 e. The highest BCUT2D eigenvalue weighted by Crippen LogP contribution is 2.47. The zero-order chi connectivity index (χ0) is 55.2. The summed E-state index contributed by atoms with van der Waals surface area (Å²) in [4.78, 5) is 52.4. The van der Waals surface area contributed by atoms with E-state index in [4.69, 9.17) is 33.2 Å². The van der Waals surface area contributed by atoms with E-state index < -0.39 is 40.6 Å². The Morgan fingerprint density at radius 2 is 0.813 bits per heavy atom. The number of fused-ring (bicyclic) bond motifs is 1. The first-order valence-corrected chi connectivity index (χ1v) is 25.6. The Labute approximate surface area is 444 Å². The summed E-state index contributed by atoms with van der Waals surface area (Å²) in [6.07, 6.45) is 0.323. The molecule has 0 amide bonds. The third-order valence-electron chi connectivity index (χ3n) is 11.7. The second-order valence-electron chi connectivity index (χ2n) is 23.6. The van der Waals surface area contributed by atoms with Crippen LogP contribution in [0.4, 0.5) is 0 Å². The SMILES string of the molecule is Cc1cc(-c2cc(C)c(OCC(=O)CC(C)(C)C)c(C(c3ccc4ccccc4c3)c3cc(-c4ccc(OCC(=O)OC(C)(C)C)c(C)c4)cc(C)c3OCC(=O)OC(C)(C)C)c2)ccc1OCC(=O)OC(C)(C)C. The van der Waals surface area contributed by atoms with Crippen LogP contribution in [0.15, 0.2) is 103 Å². The molecule has 0 bridgehead atoms. The number of ketones is 1. The van der Waals surface area contributed by atoms with Gasteiger partial charge in [-0.15, -0.1) is 0 Å². The highest BCUT2D eigenvalue weighted by Gasteiger charge is 2.30. The van der Waals surface area contributed by atoms with Gasteiger partial charge in [0, 0.05) is 23.5 Å². The molecule has 0 aliphatic carbocycles. The number of benzene rings is 6. The lowest BCUT2D eigenvalue weighted by Gasteiger charge is -2.28. The van der Waals surface area contributed by atoms with Crippen LogP contribution in [0, 0.1) is 33.1 Å². The molecule has 0 N–H and O–H groups in total. The number of Topliss-reactive ketones (excluding diaryl/α,β-unsaturated/α-hetero) is 1. The number of carbonyl (C=O) groups is 4. The normalized spacial score (nSPS) is 12.4. The minimum absolute atomic E-state index is 0.0371. The Bertz CT molecular complexity index is 2890. The Kier molecular flexibility index (Phi) is 17.7. The van der Waals surface area contributed by atoms with Crippen molar-refractivity contribution in [3.63, 3.8) is 0 Å². The summed E-state index contributed by atoms with van der Waals surface area (Å²) in [5, 5.41) is 2.06. The molecule has 0 saturated heterocycles. The molecule has 0 heterocycles. The van der Waals surface area contributed by atoms with Crippen molar-refractivity contribution < 1.29 is 52.3 Å². The first-order chi connectivity index (χ1) is 34.9. The molecule has 6 aromatic carbocycles. The molecule has 0 radical (unpaired) electrons. The van der Waals surface area contributed by atoms with Gasteiger partial charge in [-0.25, -0.2) is 14.4 Å². The zero-order valence-electron chi connectivity index (χ0n) is 46.9. The maximum atomic E-state index is 13.7. The van der Waals surface area contributed by atoms with Crippen LogP contribution in [0.5, 0.6) is 23.0 Å². The van der Waals surface area contributed by atoms with Crippen molar-refractivity contribution in [2.45, 2.75) is 140 Å². The lowest BCUT2D eigenvalue weighted by atomic mass is 9.80. The molecule has 0 spiro atoms. The summed E-state index contributed by atoms with van der Waals surface area (Å²) in [5.41, 5.74) is 6.74. The number of hydrogen-bond donors (Lipinski definition) is 0. The molecule has 398 valence electrons. The molecule has 0 aliphatic rings. The van der Waals surface area contributed by atoms with Gasteiger partial charge >= 0.3 is 17.9 Å². The lowest BCUT2D eigenvalue weighted by Crippen LogP contribution is -2.27. The monoisotopic (exact) mass is 1020 g/mol. The van der Waals surface area contributed by atoms with Gasteiger partial charge in [-0.1, -0.05) is 75.4 Å².